The quantitative estimate of drug-likeness (QED) is 0.590. The molecule has 4 heterocycles. The first kappa shape index (κ1) is 22.4. The summed E-state index contributed by atoms with van der Waals surface area (Å²) in [7, 11) is 0. The highest BCUT2D eigenvalue weighted by Crippen LogP contribution is 2.20. The number of nitrogens with one attached hydrogen (secondary N) is 2. The Hall–Kier alpha value is -2.26. The van der Waals surface area contributed by atoms with E-state index in [1.165, 1.54) is 0 Å². The molecule has 2 aromatic rings. The highest BCUT2D eigenvalue weighted by molar-refractivity contribution is 5.47. The van der Waals surface area contributed by atoms with Gasteiger partial charge in [0, 0.05) is 75.9 Å². The molecule has 0 amide bonds. The molecule has 0 aromatic carbocycles. The first-order valence-corrected chi connectivity index (χ1v) is 10.7. The maximum atomic E-state index is 9.48. The minimum absolute atomic E-state index is 0.444. The first-order chi connectivity index (χ1) is 14.5. The molecule has 164 valence electrons. The van der Waals surface area contributed by atoms with Gasteiger partial charge in [-0.1, -0.05) is 0 Å². The number of hydrogen-bond donors (Lipinski definition) is 4. The van der Waals surface area contributed by atoms with E-state index in [0.717, 1.165) is 74.9 Å². The first-order valence-electron chi connectivity index (χ1n) is 10.7. The number of pyridine rings is 2. The molecular formula is C22H34N6O2. The van der Waals surface area contributed by atoms with E-state index in [-0.39, 0.29) is 0 Å². The molecule has 30 heavy (non-hydrogen) atoms. The predicted molar refractivity (Wildman–Crippen MR) is 120 cm³/mol. The van der Waals surface area contributed by atoms with Gasteiger partial charge in [0.2, 0.25) is 0 Å². The van der Waals surface area contributed by atoms with Gasteiger partial charge in [0.25, 0.3) is 0 Å². The van der Waals surface area contributed by atoms with Crippen LogP contribution in [0, 0.1) is 0 Å². The molecule has 2 fully saturated rings. The number of anilines is 2. The lowest BCUT2D eigenvalue weighted by Crippen LogP contribution is -2.43. The van der Waals surface area contributed by atoms with Gasteiger partial charge in [-0.2, -0.15) is 0 Å². The van der Waals surface area contributed by atoms with Crippen molar-refractivity contribution in [2.45, 2.75) is 26.1 Å². The van der Waals surface area contributed by atoms with Crippen LogP contribution in [-0.2, 0) is 0 Å². The van der Waals surface area contributed by atoms with Crippen molar-refractivity contribution in [2.24, 2.45) is 0 Å². The fraction of sp³-hybridized carbons (Fsp3) is 0.545. The SMILES string of the molecule is CC(O)c1cncc(N2CCNCC2)c1.CC(O)c1cncc(N2CCNCC2)c1. The summed E-state index contributed by atoms with van der Waals surface area (Å²) >= 11 is 0. The summed E-state index contributed by atoms with van der Waals surface area (Å²) < 4.78 is 0. The minimum Gasteiger partial charge on any atom is -0.389 e. The van der Waals surface area contributed by atoms with Crippen molar-refractivity contribution < 1.29 is 10.2 Å². The summed E-state index contributed by atoms with van der Waals surface area (Å²) in [6.07, 6.45) is 6.27. The van der Waals surface area contributed by atoms with Crippen LogP contribution in [0.1, 0.15) is 37.2 Å². The molecule has 8 nitrogen and oxygen atoms in total. The Morgan fingerprint density at radius 3 is 1.40 bits per heavy atom. The normalized spacial score (nSPS) is 18.9. The average Bonchev–Trinajstić information content (AvgIpc) is 2.81. The number of hydrogen-bond acceptors (Lipinski definition) is 8. The topological polar surface area (TPSA) is 96.8 Å². The van der Waals surface area contributed by atoms with Gasteiger partial charge in [-0.25, -0.2) is 0 Å². The molecule has 0 spiro atoms. The Bertz CT molecular complexity index is 708. The van der Waals surface area contributed by atoms with E-state index in [2.05, 4.69) is 30.4 Å². The van der Waals surface area contributed by atoms with Crippen LogP contribution in [0.2, 0.25) is 0 Å². The molecule has 0 bridgehead atoms. The highest BCUT2D eigenvalue weighted by atomic mass is 16.3. The van der Waals surface area contributed by atoms with E-state index in [0.29, 0.717) is 0 Å². The summed E-state index contributed by atoms with van der Waals surface area (Å²) in [5, 5.41) is 25.6. The van der Waals surface area contributed by atoms with E-state index in [9.17, 15) is 10.2 Å². The second kappa shape index (κ2) is 11.2. The highest BCUT2D eigenvalue weighted by Gasteiger charge is 2.13. The van der Waals surface area contributed by atoms with E-state index >= 15 is 0 Å². The molecule has 8 heteroatoms. The van der Waals surface area contributed by atoms with Gasteiger partial charge >= 0.3 is 0 Å². The van der Waals surface area contributed by atoms with Crippen LogP contribution < -0.4 is 20.4 Å². The van der Waals surface area contributed by atoms with Crippen LogP contribution in [-0.4, -0.2) is 72.5 Å². The maximum Gasteiger partial charge on any atom is 0.0777 e. The molecule has 4 rings (SSSR count). The van der Waals surface area contributed by atoms with Crippen LogP contribution >= 0.6 is 0 Å². The van der Waals surface area contributed by atoms with Crippen molar-refractivity contribution in [2.75, 3.05) is 62.2 Å². The van der Waals surface area contributed by atoms with Crippen LogP contribution in [0.25, 0.3) is 0 Å². The Balaban J connectivity index is 0.000000171. The zero-order chi connectivity index (χ0) is 21.3. The monoisotopic (exact) mass is 414 g/mol. The van der Waals surface area contributed by atoms with Crippen molar-refractivity contribution in [3.8, 4) is 0 Å². The fourth-order valence-corrected chi connectivity index (χ4v) is 3.54. The Kier molecular flexibility index (Phi) is 8.39. The molecule has 2 saturated heterocycles. The van der Waals surface area contributed by atoms with Gasteiger partial charge in [-0.15, -0.1) is 0 Å². The second-order valence-electron chi connectivity index (χ2n) is 7.78. The number of aliphatic hydroxyl groups excluding tert-OH is 2. The van der Waals surface area contributed by atoms with Crippen molar-refractivity contribution in [1.29, 1.82) is 0 Å². The van der Waals surface area contributed by atoms with Gasteiger partial charge in [-0.3, -0.25) is 9.97 Å². The molecule has 2 unspecified atom stereocenters. The van der Waals surface area contributed by atoms with Crippen molar-refractivity contribution in [3.63, 3.8) is 0 Å². The third-order valence-corrected chi connectivity index (χ3v) is 5.42. The van der Waals surface area contributed by atoms with Gasteiger partial charge in [0.05, 0.1) is 36.0 Å². The molecule has 0 radical (unpaired) electrons. The maximum absolute atomic E-state index is 9.48. The lowest BCUT2D eigenvalue weighted by Gasteiger charge is -2.29. The van der Waals surface area contributed by atoms with E-state index in [4.69, 9.17) is 0 Å². The van der Waals surface area contributed by atoms with Crippen molar-refractivity contribution in [3.05, 3.63) is 48.0 Å². The average molecular weight is 415 g/mol. The smallest absolute Gasteiger partial charge is 0.0777 e. The molecule has 0 aliphatic carbocycles. The Morgan fingerprint density at radius 1 is 0.700 bits per heavy atom. The summed E-state index contributed by atoms with van der Waals surface area (Å²) in [6, 6.07) is 4.03. The zero-order valence-corrected chi connectivity index (χ0v) is 18.0. The minimum atomic E-state index is -0.444. The summed E-state index contributed by atoms with van der Waals surface area (Å²) in [5.74, 6) is 0. The number of aliphatic hydroxyl groups is 2. The second-order valence-corrected chi connectivity index (χ2v) is 7.78. The van der Waals surface area contributed by atoms with Crippen LogP contribution in [0.3, 0.4) is 0 Å². The summed E-state index contributed by atoms with van der Waals surface area (Å²) in [4.78, 5) is 12.9. The van der Waals surface area contributed by atoms with Crippen molar-refractivity contribution in [1.82, 2.24) is 20.6 Å². The molecule has 0 saturated carbocycles. The van der Waals surface area contributed by atoms with E-state index < -0.39 is 12.2 Å². The van der Waals surface area contributed by atoms with Gasteiger partial charge in [0.1, 0.15) is 0 Å². The third-order valence-electron chi connectivity index (χ3n) is 5.42. The molecule has 2 aliphatic rings. The van der Waals surface area contributed by atoms with Gasteiger partial charge in [-0.05, 0) is 26.0 Å². The zero-order valence-electron chi connectivity index (χ0n) is 18.0. The molecule has 4 N–H and O–H groups in total. The lowest BCUT2D eigenvalue weighted by atomic mass is 10.1. The van der Waals surface area contributed by atoms with E-state index in [1.807, 2.05) is 24.5 Å². The standard InChI is InChI=1S/2C11H17N3O/c2*1-9(15)10-6-11(8-13-7-10)14-4-2-12-3-5-14/h2*6-9,12,15H,2-5H2,1H3. The van der Waals surface area contributed by atoms with Crippen molar-refractivity contribution >= 4 is 11.4 Å². The molecule has 2 atom stereocenters. The Morgan fingerprint density at radius 2 is 1.07 bits per heavy atom. The number of rotatable bonds is 4. The number of piperazine rings is 2. The third kappa shape index (κ3) is 6.37. The van der Waals surface area contributed by atoms with Crippen LogP contribution in [0.5, 0.6) is 0 Å². The molecule has 2 aliphatic heterocycles. The largest absolute Gasteiger partial charge is 0.389 e. The molecule has 2 aromatic heterocycles. The van der Waals surface area contributed by atoms with Gasteiger partial charge < -0.3 is 30.6 Å². The predicted octanol–water partition coefficient (Wildman–Crippen LogP) is 1.09. The lowest BCUT2D eigenvalue weighted by molar-refractivity contribution is 0.198. The summed E-state index contributed by atoms with van der Waals surface area (Å²) in [6.45, 7) is 11.6. The number of aromatic nitrogens is 2. The number of nitrogens with zero attached hydrogens (tertiary/aromatic N) is 4. The van der Waals surface area contributed by atoms with Crippen LogP contribution in [0.4, 0.5) is 11.4 Å². The Labute approximate surface area is 179 Å². The fourth-order valence-electron chi connectivity index (χ4n) is 3.54. The van der Waals surface area contributed by atoms with Crippen LogP contribution in [0.15, 0.2) is 36.9 Å². The molecular weight excluding hydrogens is 380 g/mol. The summed E-state index contributed by atoms with van der Waals surface area (Å²) in [5.41, 5.74) is 3.97. The van der Waals surface area contributed by atoms with E-state index in [1.54, 1.807) is 26.2 Å². The van der Waals surface area contributed by atoms with Gasteiger partial charge in [0.15, 0.2) is 0 Å².